The molecule has 4 heteroatoms. The van der Waals surface area contributed by atoms with Crippen LogP contribution in [0.2, 0.25) is 0 Å². The average Bonchev–Trinajstić information content (AvgIpc) is 2.38. The summed E-state index contributed by atoms with van der Waals surface area (Å²) < 4.78 is 10.4. The van der Waals surface area contributed by atoms with Crippen LogP contribution in [0.3, 0.4) is 0 Å². The number of aromatic hydroxyl groups is 1. The van der Waals surface area contributed by atoms with Gasteiger partial charge in [-0.25, -0.2) is 0 Å². The van der Waals surface area contributed by atoms with Crippen molar-refractivity contribution < 1.29 is 14.6 Å². The molecule has 0 saturated carbocycles. The number of ether oxygens (including phenoxy) is 2. The van der Waals surface area contributed by atoms with Crippen molar-refractivity contribution in [2.24, 2.45) is 0 Å². The first-order valence-corrected chi connectivity index (χ1v) is 5.46. The van der Waals surface area contributed by atoms with Crippen molar-refractivity contribution in [2.75, 3.05) is 20.0 Å². The molecule has 0 saturated heterocycles. The minimum Gasteiger partial charge on any atom is -0.507 e. The van der Waals surface area contributed by atoms with Gasteiger partial charge >= 0.3 is 0 Å². The van der Waals surface area contributed by atoms with E-state index >= 15 is 0 Å². The van der Waals surface area contributed by atoms with Crippen LogP contribution in [0.5, 0.6) is 17.2 Å². The van der Waals surface area contributed by atoms with Crippen molar-refractivity contribution in [1.29, 1.82) is 0 Å². The Morgan fingerprint density at radius 2 is 1.61 bits per heavy atom. The van der Waals surface area contributed by atoms with Gasteiger partial charge in [0.15, 0.2) is 0 Å². The van der Waals surface area contributed by atoms with Gasteiger partial charge in [-0.3, -0.25) is 0 Å². The maximum absolute atomic E-state index is 9.91. The molecule has 2 rings (SSSR count). The zero-order chi connectivity index (χ0) is 13.1. The molecule has 0 atom stereocenters. The first-order chi connectivity index (χ1) is 8.65. The van der Waals surface area contributed by atoms with Gasteiger partial charge in [-0.15, -0.1) is 0 Å². The van der Waals surface area contributed by atoms with Crippen LogP contribution in [0, 0.1) is 0 Å². The molecule has 0 aliphatic heterocycles. The number of rotatable bonds is 3. The van der Waals surface area contributed by atoms with E-state index in [1.54, 1.807) is 50.6 Å². The zero-order valence-corrected chi connectivity index (χ0v) is 10.3. The first kappa shape index (κ1) is 12.1. The number of hydrogen-bond donors (Lipinski definition) is 2. The monoisotopic (exact) mass is 245 g/mol. The van der Waals surface area contributed by atoms with E-state index in [1.165, 1.54) is 0 Å². The fraction of sp³-hybridized carbons (Fsp3) is 0.143. The highest BCUT2D eigenvalue weighted by atomic mass is 16.5. The van der Waals surface area contributed by atoms with Gasteiger partial charge in [0.2, 0.25) is 0 Å². The Morgan fingerprint density at radius 3 is 2.11 bits per heavy atom. The molecular weight excluding hydrogens is 230 g/mol. The first-order valence-electron chi connectivity index (χ1n) is 5.46. The Labute approximate surface area is 106 Å². The molecule has 0 aromatic heterocycles. The van der Waals surface area contributed by atoms with Crippen molar-refractivity contribution in [2.45, 2.75) is 0 Å². The van der Waals surface area contributed by atoms with E-state index in [4.69, 9.17) is 15.2 Å². The summed E-state index contributed by atoms with van der Waals surface area (Å²) in [5.41, 5.74) is 7.73. The summed E-state index contributed by atoms with van der Waals surface area (Å²) in [5, 5.41) is 9.91. The minimum absolute atomic E-state index is 0.130. The zero-order valence-electron chi connectivity index (χ0n) is 10.3. The number of methoxy groups -OCH3 is 2. The van der Waals surface area contributed by atoms with E-state index in [0.29, 0.717) is 22.7 Å². The number of phenolic OH excluding ortho intramolecular Hbond substituents is 1. The lowest BCUT2D eigenvalue weighted by Crippen LogP contribution is -1.93. The summed E-state index contributed by atoms with van der Waals surface area (Å²) in [4.78, 5) is 0. The van der Waals surface area contributed by atoms with Crippen LogP contribution in [0.25, 0.3) is 11.1 Å². The van der Waals surface area contributed by atoms with Crippen molar-refractivity contribution in [1.82, 2.24) is 0 Å². The molecule has 0 bridgehead atoms. The number of nitrogens with two attached hydrogens (primary N) is 1. The average molecular weight is 245 g/mol. The van der Waals surface area contributed by atoms with E-state index in [9.17, 15) is 5.11 Å². The van der Waals surface area contributed by atoms with Crippen LogP contribution in [-0.4, -0.2) is 19.3 Å². The standard InChI is InChI=1S/C14H15NO3/c1-17-10-6-9(7-11(8-10)18-2)14-12(15)4-3-5-13(14)16/h3-8,16H,15H2,1-2H3. The maximum atomic E-state index is 9.91. The van der Waals surface area contributed by atoms with Crippen LogP contribution in [0.15, 0.2) is 36.4 Å². The second-order valence-corrected chi connectivity index (χ2v) is 3.84. The highest BCUT2D eigenvalue weighted by Crippen LogP contribution is 2.38. The number of benzene rings is 2. The van der Waals surface area contributed by atoms with Gasteiger partial charge in [-0.2, -0.15) is 0 Å². The lowest BCUT2D eigenvalue weighted by molar-refractivity contribution is 0.394. The highest BCUT2D eigenvalue weighted by molar-refractivity contribution is 5.82. The molecule has 94 valence electrons. The third-order valence-corrected chi connectivity index (χ3v) is 2.71. The van der Waals surface area contributed by atoms with Crippen LogP contribution < -0.4 is 15.2 Å². The Kier molecular flexibility index (Phi) is 3.28. The van der Waals surface area contributed by atoms with Gasteiger partial charge in [-0.05, 0) is 29.8 Å². The second kappa shape index (κ2) is 4.87. The summed E-state index contributed by atoms with van der Waals surface area (Å²) in [6.45, 7) is 0. The number of anilines is 1. The van der Waals surface area contributed by atoms with Crippen molar-refractivity contribution in [3.8, 4) is 28.4 Å². The van der Waals surface area contributed by atoms with Gasteiger partial charge in [0.1, 0.15) is 17.2 Å². The summed E-state index contributed by atoms with van der Waals surface area (Å²) >= 11 is 0. The molecule has 0 amide bonds. The van der Waals surface area contributed by atoms with Crippen LogP contribution in [0.4, 0.5) is 5.69 Å². The van der Waals surface area contributed by atoms with Gasteiger partial charge in [-0.1, -0.05) is 6.07 Å². The lowest BCUT2D eigenvalue weighted by atomic mass is 10.0. The van der Waals surface area contributed by atoms with Crippen LogP contribution in [0.1, 0.15) is 0 Å². The molecule has 0 unspecified atom stereocenters. The Morgan fingerprint density at radius 1 is 1.00 bits per heavy atom. The highest BCUT2D eigenvalue weighted by Gasteiger charge is 2.11. The predicted octanol–water partition coefficient (Wildman–Crippen LogP) is 2.66. The van der Waals surface area contributed by atoms with Gasteiger partial charge in [0, 0.05) is 17.3 Å². The van der Waals surface area contributed by atoms with Crippen molar-refractivity contribution in [3.63, 3.8) is 0 Å². The number of hydrogen-bond acceptors (Lipinski definition) is 4. The smallest absolute Gasteiger partial charge is 0.125 e. The molecule has 0 heterocycles. The van der Waals surface area contributed by atoms with E-state index in [1.807, 2.05) is 0 Å². The summed E-state index contributed by atoms with van der Waals surface area (Å²) in [5.74, 6) is 1.42. The molecular formula is C14H15NO3. The summed E-state index contributed by atoms with van der Waals surface area (Å²) in [6.07, 6.45) is 0. The predicted molar refractivity (Wildman–Crippen MR) is 71.1 cm³/mol. The number of phenols is 1. The van der Waals surface area contributed by atoms with Crippen molar-refractivity contribution in [3.05, 3.63) is 36.4 Å². The lowest BCUT2D eigenvalue weighted by Gasteiger charge is -2.11. The van der Waals surface area contributed by atoms with E-state index in [2.05, 4.69) is 0 Å². The summed E-state index contributed by atoms with van der Waals surface area (Å²) in [6, 6.07) is 10.4. The third kappa shape index (κ3) is 2.18. The molecule has 2 aromatic rings. The Bertz CT molecular complexity index is 524. The molecule has 0 fully saturated rings. The largest absolute Gasteiger partial charge is 0.507 e. The quantitative estimate of drug-likeness (QED) is 0.816. The van der Waals surface area contributed by atoms with Gasteiger partial charge in [0.25, 0.3) is 0 Å². The van der Waals surface area contributed by atoms with E-state index in [-0.39, 0.29) is 5.75 Å². The van der Waals surface area contributed by atoms with Crippen molar-refractivity contribution >= 4 is 5.69 Å². The third-order valence-electron chi connectivity index (χ3n) is 2.71. The molecule has 0 radical (unpaired) electrons. The molecule has 2 aromatic carbocycles. The minimum atomic E-state index is 0.130. The molecule has 0 spiro atoms. The topological polar surface area (TPSA) is 64.7 Å². The van der Waals surface area contributed by atoms with E-state index in [0.717, 1.165) is 5.56 Å². The molecule has 0 aliphatic rings. The van der Waals surface area contributed by atoms with E-state index < -0.39 is 0 Å². The fourth-order valence-corrected chi connectivity index (χ4v) is 1.82. The fourth-order valence-electron chi connectivity index (χ4n) is 1.82. The molecule has 4 nitrogen and oxygen atoms in total. The summed E-state index contributed by atoms with van der Waals surface area (Å²) in [7, 11) is 3.15. The maximum Gasteiger partial charge on any atom is 0.125 e. The Hall–Kier alpha value is -2.36. The molecule has 0 aliphatic carbocycles. The van der Waals surface area contributed by atoms with Gasteiger partial charge < -0.3 is 20.3 Å². The molecule has 18 heavy (non-hydrogen) atoms. The van der Waals surface area contributed by atoms with Crippen LogP contribution in [-0.2, 0) is 0 Å². The Balaban J connectivity index is 2.63. The van der Waals surface area contributed by atoms with Crippen LogP contribution >= 0.6 is 0 Å². The number of nitrogen functional groups attached to an aromatic ring is 1. The van der Waals surface area contributed by atoms with Gasteiger partial charge in [0.05, 0.1) is 14.2 Å². The normalized spacial score (nSPS) is 10.1. The SMILES string of the molecule is COc1cc(OC)cc(-c2c(N)cccc2O)c1. The second-order valence-electron chi connectivity index (χ2n) is 3.84. The molecule has 3 N–H and O–H groups in total.